The fourth-order valence-corrected chi connectivity index (χ4v) is 5.29. The minimum atomic E-state index is -0.808. The topological polar surface area (TPSA) is 85.0 Å². The molecule has 4 amide bonds. The summed E-state index contributed by atoms with van der Waals surface area (Å²) in [5, 5.41) is 5.86. The molecule has 1 aromatic carbocycles. The summed E-state index contributed by atoms with van der Waals surface area (Å²) in [5.74, 6) is -0.517. The maximum atomic E-state index is 12.9. The normalized spacial score (nSPS) is 22.5. The van der Waals surface area contributed by atoms with Gasteiger partial charge >= 0.3 is 6.03 Å². The molecule has 2 unspecified atom stereocenters. The highest BCUT2D eigenvalue weighted by Crippen LogP contribution is 2.35. The Morgan fingerprint density at radius 1 is 1.12 bits per heavy atom. The predicted octanol–water partition coefficient (Wildman–Crippen LogP) is 2.26. The molecule has 0 aromatic heterocycles. The summed E-state index contributed by atoms with van der Waals surface area (Å²) in [4.78, 5) is 44.1. The molecule has 2 saturated heterocycles. The van der Waals surface area contributed by atoms with Crippen molar-refractivity contribution in [1.29, 1.82) is 0 Å². The molecule has 1 aliphatic carbocycles. The Hall–Kier alpha value is -2.61. The zero-order chi connectivity index (χ0) is 23.6. The lowest BCUT2D eigenvalue weighted by Gasteiger charge is -2.36. The second-order valence-corrected chi connectivity index (χ2v) is 9.94. The van der Waals surface area contributed by atoms with Gasteiger partial charge in [-0.1, -0.05) is 25.0 Å². The van der Waals surface area contributed by atoms with Crippen LogP contribution in [0.15, 0.2) is 24.3 Å². The number of aryl methyl sites for hydroxylation is 1. The molecule has 0 bridgehead atoms. The lowest BCUT2D eigenvalue weighted by atomic mass is 9.97. The zero-order valence-electron chi connectivity index (χ0n) is 20.1. The van der Waals surface area contributed by atoms with E-state index in [0.717, 1.165) is 56.9 Å². The van der Waals surface area contributed by atoms with Crippen LogP contribution in [0.5, 0.6) is 0 Å². The van der Waals surface area contributed by atoms with Crippen LogP contribution in [0.25, 0.3) is 0 Å². The summed E-state index contributed by atoms with van der Waals surface area (Å²) in [5.41, 5.74) is 1.78. The SMILES string of the molecule is Cc1cccc(N2CCN(CCC(C)NC(=O)C(C)N3C(=O)NC4(CCCC4)C3=O)CC2)c1. The van der Waals surface area contributed by atoms with Crippen LogP contribution in [0.4, 0.5) is 10.5 Å². The molecule has 33 heavy (non-hydrogen) atoms. The van der Waals surface area contributed by atoms with Crippen molar-refractivity contribution < 1.29 is 14.4 Å². The summed E-state index contributed by atoms with van der Waals surface area (Å²) in [6.45, 7) is 10.6. The fraction of sp³-hybridized carbons (Fsp3) is 0.640. The van der Waals surface area contributed by atoms with Gasteiger partial charge < -0.3 is 15.5 Å². The Balaban J connectivity index is 1.21. The first-order valence-corrected chi connectivity index (χ1v) is 12.3. The summed E-state index contributed by atoms with van der Waals surface area (Å²) in [6, 6.07) is 7.34. The number of rotatable bonds is 7. The van der Waals surface area contributed by atoms with Crippen molar-refractivity contribution >= 4 is 23.5 Å². The maximum absolute atomic E-state index is 12.9. The van der Waals surface area contributed by atoms with Crippen molar-refractivity contribution in [2.45, 2.75) is 70.5 Å². The van der Waals surface area contributed by atoms with Crippen LogP contribution >= 0.6 is 0 Å². The number of carbonyl (C=O) groups is 3. The number of hydrogen-bond donors (Lipinski definition) is 2. The van der Waals surface area contributed by atoms with Gasteiger partial charge in [-0.05, 0) is 57.7 Å². The van der Waals surface area contributed by atoms with E-state index in [2.05, 4.69) is 51.6 Å². The highest BCUT2D eigenvalue weighted by Gasteiger charge is 2.54. The number of anilines is 1. The Labute approximate surface area is 196 Å². The van der Waals surface area contributed by atoms with Crippen LogP contribution in [0.1, 0.15) is 51.5 Å². The molecule has 2 aliphatic heterocycles. The van der Waals surface area contributed by atoms with E-state index in [1.807, 2.05) is 6.92 Å². The number of hydrogen-bond acceptors (Lipinski definition) is 5. The van der Waals surface area contributed by atoms with Crippen molar-refractivity contribution in [3.63, 3.8) is 0 Å². The largest absolute Gasteiger partial charge is 0.369 e. The summed E-state index contributed by atoms with van der Waals surface area (Å²) in [7, 11) is 0. The average molecular weight is 456 g/mol. The standard InChI is InChI=1S/C25H37N5O3/c1-18-7-6-8-21(17-18)29-15-13-28(14-16-29)12-9-19(2)26-22(31)20(3)30-23(32)25(27-24(30)33)10-4-5-11-25/h6-8,17,19-20H,4-5,9-16H2,1-3H3,(H,26,31)(H,27,33). The van der Waals surface area contributed by atoms with E-state index in [-0.39, 0.29) is 17.9 Å². The van der Waals surface area contributed by atoms with Gasteiger partial charge in [-0.15, -0.1) is 0 Å². The second-order valence-electron chi connectivity index (χ2n) is 9.94. The van der Waals surface area contributed by atoms with E-state index in [0.29, 0.717) is 12.8 Å². The van der Waals surface area contributed by atoms with E-state index < -0.39 is 17.6 Å². The number of nitrogens with one attached hydrogen (secondary N) is 2. The number of piperazine rings is 1. The molecular weight excluding hydrogens is 418 g/mol. The monoisotopic (exact) mass is 455 g/mol. The third-order valence-corrected chi connectivity index (χ3v) is 7.42. The van der Waals surface area contributed by atoms with Crippen molar-refractivity contribution in [3.05, 3.63) is 29.8 Å². The van der Waals surface area contributed by atoms with Crippen molar-refractivity contribution in [2.24, 2.45) is 0 Å². The molecule has 180 valence electrons. The van der Waals surface area contributed by atoms with Gasteiger partial charge in [0.1, 0.15) is 11.6 Å². The van der Waals surface area contributed by atoms with Crippen molar-refractivity contribution in [2.75, 3.05) is 37.6 Å². The quantitative estimate of drug-likeness (QED) is 0.616. The number of urea groups is 1. The van der Waals surface area contributed by atoms with Gasteiger partial charge in [0.05, 0.1) is 0 Å². The number of amides is 4. The van der Waals surface area contributed by atoms with Gasteiger partial charge in [0.15, 0.2) is 0 Å². The molecule has 8 heteroatoms. The molecule has 2 N–H and O–H groups in total. The van der Waals surface area contributed by atoms with E-state index in [4.69, 9.17) is 0 Å². The van der Waals surface area contributed by atoms with Gasteiger partial charge in [-0.2, -0.15) is 0 Å². The Morgan fingerprint density at radius 2 is 1.82 bits per heavy atom. The molecule has 1 spiro atoms. The summed E-state index contributed by atoms with van der Waals surface area (Å²) >= 11 is 0. The Morgan fingerprint density at radius 3 is 2.48 bits per heavy atom. The van der Waals surface area contributed by atoms with Crippen LogP contribution in [0, 0.1) is 6.92 Å². The van der Waals surface area contributed by atoms with Crippen LogP contribution < -0.4 is 15.5 Å². The molecule has 2 heterocycles. The maximum Gasteiger partial charge on any atom is 0.325 e. The molecule has 3 fully saturated rings. The summed E-state index contributed by atoms with van der Waals surface area (Å²) in [6.07, 6.45) is 4.01. The van der Waals surface area contributed by atoms with Crippen LogP contribution in [-0.4, -0.2) is 78.0 Å². The second kappa shape index (κ2) is 9.71. The van der Waals surface area contributed by atoms with Gasteiger partial charge in [0, 0.05) is 44.5 Å². The minimum absolute atomic E-state index is 0.0315. The first kappa shape index (κ1) is 23.5. The predicted molar refractivity (Wildman–Crippen MR) is 128 cm³/mol. The number of benzene rings is 1. The zero-order valence-corrected chi connectivity index (χ0v) is 20.1. The van der Waals surface area contributed by atoms with Gasteiger partial charge in [0.2, 0.25) is 5.91 Å². The lowest BCUT2D eigenvalue weighted by molar-refractivity contribution is -0.138. The van der Waals surface area contributed by atoms with Crippen LogP contribution in [-0.2, 0) is 9.59 Å². The Bertz CT molecular complexity index is 890. The Kier molecular flexibility index (Phi) is 6.93. The van der Waals surface area contributed by atoms with Crippen molar-refractivity contribution in [3.8, 4) is 0 Å². The molecule has 8 nitrogen and oxygen atoms in total. The lowest BCUT2D eigenvalue weighted by Crippen LogP contribution is -2.52. The minimum Gasteiger partial charge on any atom is -0.369 e. The molecular formula is C25H37N5O3. The highest BCUT2D eigenvalue weighted by molar-refractivity contribution is 6.10. The molecule has 3 aliphatic rings. The van der Waals surface area contributed by atoms with E-state index >= 15 is 0 Å². The summed E-state index contributed by atoms with van der Waals surface area (Å²) < 4.78 is 0. The average Bonchev–Trinajstić information content (AvgIpc) is 3.36. The van der Waals surface area contributed by atoms with Crippen LogP contribution in [0.3, 0.4) is 0 Å². The van der Waals surface area contributed by atoms with Crippen LogP contribution in [0.2, 0.25) is 0 Å². The molecule has 1 aromatic rings. The third kappa shape index (κ3) is 5.00. The third-order valence-electron chi connectivity index (χ3n) is 7.42. The first-order chi connectivity index (χ1) is 15.8. The molecule has 4 rings (SSSR count). The van der Waals surface area contributed by atoms with Gasteiger partial charge in [-0.25, -0.2) is 9.69 Å². The van der Waals surface area contributed by atoms with Gasteiger partial charge in [-0.3, -0.25) is 14.5 Å². The number of imide groups is 1. The fourth-order valence-electron chi connectivity index (χ4n) is 5.29. The van der Waals surface area contributed by atoms with E-state index in [9.17, 15) is 14.4 Å². The van der Waals surface area contributed by atoms with Crippen molar-refractivity contribution in [1.82, 2.24) is 20.4 Å². The highest BCUT2D eigenvalue weighted by atomic mass is 16.2. The number of nitrogens with zero attached hydrogens (tertiary/aromatic N) is 3. The first-order valence-electron chi connectivity index (χ1n) is 12.3. The smallest absolute Gasteiger partial charge is 0.325 e. The molecule has 0 radical (unpaired) electrons. The molecule has 2 atom stereocenters. The van der Waals surface area contributed by atoms with E-state index in [1.54, 1.807) is 6.92 Å². The van der Waals surface area contributed by atoms with E-state index in [1.165, 1.54) is 11.3 Å². The number of carbonyl (C=O) groups excluding carboxylic acids is 3. The molecule has 1 saturated carbocycles. The van der Waals surface area contributed by atoms with Gasteiger partial charge in [0.25, 0.3) is 5.91 Å².